The highest BCUT2D eigenvalue weighted by atomic mass is 32.2. The molecule has 0 radical (unpaired) electrons. The number of aromatic nitrogens is 2. The molecule has 1 saturated heterocycles. The van der Waals surface area contributed by atoms with Gasteiger partial charge in [-0.3, -0.25) is 0 Å². The molecular weight excluding hydrogens is 409 g/mol. The van der Waals surface area contributed by atoms with Crippen LogP contribution in [0, 0.1) is 5.82 Å². The Kier molecular flexibility index (Phi) is 6.29. The van der Waals surface area contributed by atoms with Gasteiger partial charge in [0.05, 0.1) is 5.69 Å². The number of quaternary nitrogens is 1. The molecule has 0 bridgehead atoms. The van der Waals surface area contributed by atoms with Crippen molar-refractivity contribution < 1.29 is 14.4 Å². The van der Waals surface area contributed by atoms with Crippen LogP contribution in [-0.4, -0.2) is 42.7 Å². The van der Waals surface area contributed by atoms with Gasteiger partial charge in [-0.25, -0.2) is 4.39 Å². The van der Waals surface area contributed by atoms with Crippen molar-refractivity contribution in [3.8, 4) is 0 Å². The molecule has 1 fully saturated rings. The number of ether oxygens (including phenoxy) is 1. The number of halogens is 1. The van der Waals surface area contributed by atoms with Crippen molar-refractivity contribution in [3.63, 3.8) is 0 Å². The maximum atomic E-state index is 13.7. The number of rotatable bonds is 7. The fraction of sp³-hybridized carbons (Fsp3) is 0.300. The van der Waals surface area contributed by atoms with Crippen LogP contribution in [0.2, 0.25) is 0 Å². The van der Waals surface area contributed by atoms with Crippen LogP contribution >= 0.6 is 23.1 Å². The summed E-state index contributed by atoms with van der Waals surface area (Å²) < 4.78 is 20.8. The lowest BCUT2D eigenvalue weighted by Crippen LogP contribution is -2.82. The number of nitrogens with zero attached hydrogens (tertiary/aromatic N) is 3. The Labute approximate surface area is 177 Å². The van der Waals surface area contributed by atoms with Crippen molar-refractivity contribution in [2.45, 2.75) is 16.7 Å². The third-order valence-corrected chi connectivity index (χ3v) is 6.71. The average molecular weight is 433 g/mol. The molecule has 29 heavy (non-hydrogen) atoms. The molecule has 2 atom stereocenters. The van der Waals surface area contributed by atoms with E-state index in [1.165, 1.54) is 28.7 Å². The SMILES string of the molecule is CN(C)c1ccc([C@@H]2[NH2+]C[C@@H](CSc3nnc(Nc4ccccc4F)s3)O2)cc1. The maximum absolute atomic E-state index is 13.7. The van der Waals surface area contributed by atoms with Gasteiger partial charge in [-0.1, -0.05) is 35.2 Å². The van der Waals surface area contributed by atoms with Crippen molar-refractivity contribution in [1.82, 2.24) is 10.2 Å². The fourth-order valence-electron chi connectivity index (χ4n) is 3.04. The predicted molar refractivity (Wildman–Crippen MR) is 115 cm³/mol. The molecule has 6 nitrogen and oxygen atoms in total. The fourth-order valence-corrected chi connectivity index (χ4v) is 4.85. The highest BCUT2D eigenvalue weighted by molar-refractivity contribution is 8.01. The highest BCUT2D eigenvalue weighted by Crippen LogP contribution is 2.30. The van der Waals surface area contributed by atoms with Crippen molar-refractivity contribution in [2.75, 3.05) is 36.6 Å². The molecule has 4 rings (SSSR count). The first-order chi connectivity index (χ1) is 14.1. The van der Waals surface area contributed by atoms with Gasteiger partial charge < -0.3 is 20.3 Å². The van der Waals surface area contributed by atoms with Crippen molar-refractivity contribution >= 4 is 39.6 Å². The molecule has 0 unspecified atom stereocenters. The number of hydrogen-bond donors (Lipinski definition) is 2. The average Bonchev–Trinajstić information content (AvgIpc) is 3.38. The second kappa shape index (κ2) is 9.08. The normalized spacial score (nSPS) is 18.7. The topological polar surface area (TPSA) is 66.9 Å². The lowest BCUT2D eigenvalue weighted by molar-refractivity contribution is -0.697. The quantitative estimate of drug-likeness (QED) is 0.559. The zero-order chi connectivity index (χ0) is 20.2. The second-order valence-electron chi connectivity index (χ2n) is 6.93. The Morgan fingerprint density at radius 3 is 2.76 bits per heavy atom. The zero-order valence-electron chi connectivity index (χ0n) is 16.2. The van der Waals surface area contributed by atoms with Crippen LogP contribution < -0.4 is 15.5 Å². The lowest BCUT2D eigenvalue weighted by Gasteiger charge is -2.14. The van der Waals surface area contributed by atoms with E-state index in [0.717, 1.165) is 16.6 Å². The standard InChI is InChI=1S/C20H22FN5OS2/c1-26(2)14-9-7-13(8-10-14)18-22-11-15(27-18)12-28-20-25-24-19(29-20)23-17-6-4-3-5-16(17)21/h3-10,15,18,22H,11-12H2,1-2H3,(H,23,24)/p+1/t15-,18+/m0/s1. The lowest BCUT2D eigenvalue weighted by atomic mass is 10.2. The van der Waals surface area contributed by atoms with Crippen molar-refractivity contribution in [2.24, 2.45) is 0 Å². The van der Waals surface area contributed by atoms with Gasteiger partial charge in [0, 0.05) is 31.1 Å². The Hall–Kier alpha value is -2.20. The molecular formula is C20H23FN5OS2+. The maximum Gasteiger partial charge on any atom is 0.217 e. The molecule has 3 N–H and O–H groups in total. The molecule has 2 heterocycles. The van der Waals surface area contributed by atoms with Gasteiger partial charge in [0.25, 0.3) is 0 Å². The molecule has 1 aliphatic heterocycles. The minimum absolute atomic E-state index is 0.0320. The molecule has 0 aliphatic carbocycles. The summed E-state index contributed by atoms with van der Waals surface area (Å²) in [7, 11) is 4.07. The van der Waals surface area contributed by atoms with E-state index in [1.807, 2.05) is 14.1 Å². The zero-order valence-corrected chi connectivity index (χ0v) is 17.8. The highest BCUT2D eigenvalue weighted by Gasteiger charge is 2.30. The Bertz CT molecular complexity index is 950. The van der Waals surface area contributed by atoms with E-state index in [0.29, 0.717) is 10.8 Å². The summed E-state index contributed by atoms with van der Waals surface area (Å²) >= 11 is 3.03. The molecule has 152 valence electrons. The van der Waals surface area contributed by atoms with Crippen LogP contribution in [0.25, 0.3) is 0 Å². The first kappa shape index (κ1) is 20.1. The van der Waals surface area contributed by atoms with Crippen molar-refractivity contribution in [3.05, 3.63) is 59.9 Å². The van der Waals surface area contributed by atoms with Gasteiger partial charge >= 0.3 is 0 Å². The molecule has 1 aromatic heterocycles. The third-order valence-electron chi connectivity index (χ3n) is 4.60. The van der Waals surface area contributed by atoms with E-state index >= 15 is 0 Å². The molecule has 0 spiro atoms. The summed E-state index contributed by atoms with van der Waals surface area (Å²) in [4.78, 5) is 2.08. The number of anilines is 3. The number of nitrogens with two attached hydrogens (primary N) is 1. The number of para-hydroxylation sites is 1. The first-order valence-corrected chi connectivity index (χ1v) is 11.1. The predicted octanol–water partition coefficient (Wildman–Crippen LogP) is 3.24. The van der Waals surface area contributed by atoms with Crippen LogP contribution in [-0.2, 0) is 4.74 Å². The third kappa shape index (κ3) is 5.05. The van der Waals surface area contributed by atoms with E-state index in [-0.39, 0.29) is 18.1 Å². The summed E-state index contributed by atoms with van der Waals surface area (Å²) in [5.41, 5.74) is 2.75. The second-order valence-corrected chi connectivity index (χ2v) is 9.17. The van der Waals surface area contributed by atoms with E-state index < -0.39 is 0 Å². The Morgan fingerprint density at radius 2 is 2.00 bits per heavy atom. The van der Waals surface area contributed by atoms with E-state index in [2.05, 4.69) is 50.0 Å². The first-order valence-electron chi connectivity index (χ1n) is 9.32. The summed E-state index contributed by atoms with van der Waals surface area (Å²) in [6.45, 7) is 0.909. The van der Waals surface area contributed by atoms with Gasteiger partial charge in [-0.2, -0.15) is 0 Å². The number of hydrogen-bond acceptors (Lipinski definition) is 7. The van der Waals surface area contributed by atoms with Gasteiger partial charge in [0.1, 0.15) is 18.5 Å². The minimum atomic E-state index is -0.309. The molecule has 0 amide bonds. The van der Waals surface area contributed by atoms with Gasteiger partial charge in [-0.15, -0.1) is 10.2 Å². The number of thioether (sulfide) groups is 1. The van der Waals surface area contributed by atoms with Crippen LogP contribution in [0.3, 0.4) is 0 Å². The Morgan fingerprint density at radius 1 is 1.21 bits per heavy atom. The number of nitrogens with one attached hydrogen (secondary N) is 1. The minimum Gasteiger partial charge on any atom is -0.378 e. The van der Waals surface area contributed by atoms with Crippen LogP contribution in [0.4, 0.5) is 20.9 Å². The smallest absolute Gasteiger partial charge is 0.217 e. The Balaban J connectivity index is 1.28. The number of benzene rings is 2. The van der Waals surface area contributed by atoms with Crippen LogP contribution in [0.15, 0.2) is 52.9 Å². The molecule has 2 aromatic carbocycles. The molecule has 1 aliphatic rings. The van der Waals surface area contributed by atoms with Crippen LogP contribution in [0.1, 0.15) is 11.8 Å². The van der Waals surface area contributed by atoms with Gasteiger partial charge in [0.15, 0.2) is 4.34 Å². The van der Waals surface area contributed by atoms with E-state index in [9.17, 15) is 4.39 Å². The largest absolute Gasteiger partial charge is 0.378 e. The van der Waals surface area contributed by atoms with E-state index in [4.69, 9.17) is 4.74 Å². The summed E-state index contributed by atoms with van der Waals surface area (Å²) in [6.07, 6.45) is 0.176. The monoisotopic (exact) mass is 432 g/mol. The van der Waals surface area contributed by atoms with Gasteiger partial charge in [0.2, 0.25) is 11.4 Å². The molecule has 3 aromatic rings. The summed E-state index contributed by atoms with van der Waals surface area (Å²) in [5.74, 6) is 0.494. The molecule has 0 saturated carbocycles. The van der Waals surface area contributed by atoms with Crippen LogP contribution in [0.5, 0.6) is 0 Å². The van der Waals surface area contributed by atoms with Gasteiger partial charge in [-0.05, 0) is 36.4 Å². The molecule has 9 heteroatoms. The van der Waals surface area contributed by atoms with E-state index in [1.54, 1.807) is 30.0 Å². The summed E-state index contributed by atoms with van der Waals surface area (Å²) in [6, 6.07) is 15.0. The van der Waals surface area contributed by atoms with Crippen molar-refractivity contribution in [1.29, 1.82) is 0 Å². The summed E-state index contributed by atoms with van der Waals surface area (Å²) in [5, 5.41) is 14.1.